The zero-order valence-electron chi connectivity index (χ0n) is 3.90. The Morgan fingerprint density at radius 3 is 2.25 bits per heavy atom. The largest absolute Gasteiger partial charge is 0.478 e. The lowest BCUT2D eigenvalue weighted by atomic mass is 10.4. The van der Waals surface area contributed by atoms with Gasteiger partial charge in [-0.1, -0.05) is 11.6 Å². The fourth-order valence-corrected chi connectivity index (χ4v) is 0.574. The Bertz CT molecular complexity index is 119. The van der Waals surface area contributed by atoms with Gasteiger partial charge in [-0.3, -0.25) is 0 Å². The molecule has 0 aliphatic rings. The lowest BCUT2D eigenvalue weighted by Crippen LogP contribution is -1.99. The van der Waals surface area contributed by atoms with Crippen molar-refractivity contribution in [3.05, 3.63) is 11.1 Å². The number of carboxylic acids is 1. The van der Waals surface area contributed by atoms with E-state index in [4.69, 9.17) is 28.3 Å². The zero-order chi connectivity index (χ0) is 6.57. The summed E-state index contributed by atoms with van der Waals surface area (Å²) in [5, 5.41) is 8.14. The average Bonchev–Trinajstić information content (AvgIpc) is 1.69. The van der Waals surface area contributed by atoms with Gasteiger partial charge in [0.15, 0.2) is 0 Å². The van der Waals surface area contributed by atoms with Crippen LogP contribution in [0.5, 0.6) is 0 Å². The van der Waals surface area contributed by atoms with Gasteiger partial charge in [0.1, 0.15) is 0 Å². The molecule has 0 unspecified atom stereocenters. The lowest BCUT2D eigenvalue weighted by Gasteiger charge is -1.88. The summed E-state index contributed by atoms with van der Waals surface area (Å²) in [6.45, 7) is 0. The number of halogens is 2. The summed E-state index contributed by atoms with van der Waals surface area (Å²) < 4.78 is 0. The predicted octanol–water partition coefficient (Wildman–Crippen LogP) is 1.43. The monoisotopic (exact) mass is 154 g/mol. The standard InChI is InChI=1S/C4H4Cl2O2/c5-1-3(2-6)4(7)8/h1H,2H2,(H,7,8)/b3-1+. The Morgan fingerprint density at radius 2 is 2.25 bits per heavy atom. The molecule has 0 aromatic rings. The van der Waals surface area contributed by atoms with Gasteiger partial charge in [0.05, 0.1) is 11.5 Å². The summed E-state index contributed by atoms with van der Waals surface area (Å²) in [4.78, 5) is 9.92. The van der Waals surface area contributed by atoms with E-state index in [0.29, 0.717) is 0 Å². The summed E-state index contributed by atoms with van der Waals surface area (Å²) in [5.41, 5.74) is 0.961. The van der Waals surface area contributed by atoms with Crippen LogP contribution in [0.2, 0.25) is 0 Å². The van der Waals surface area contributed by atoms with Crippen LogP contribution in [0, 0.1) is 0 Å². The van der Waals surface area contributed by atoms with Crippen molar-refractivity contribution in [3.63, 3.8) is 0 Å². The van der Waals surface area contributed by atoms with E-state index in [1.807, 2.05) is 0 Å². The van der Waals surface area contributed by atoms with Crippen LogP contribution in [-0.2, 0) is 4.79 Å². The van der Waals surface area contributed by atoms with Crippen LogP contribution in [0.25, 0.3) is 0 Å². The van der Waals surface area contributed by atoms with Crippen LogP contribution >= 0.6 is 23.2 Å². The first kappa shape index (κ1) is 7.79. The summed E-state index contributed by atoms with van der Waals surface area (Å²) in [6.07, 6.45) is 0. The third kappa shape index (κ3) is 2.19. The highest BCUT2D eigenvalue weighted by atomic mass is 35.5. The molecule has 1 N–H and O–H groups in total. The van der Waals surface area contributed by atoms with E-state index in [2.05, 4.69) is 0 Å². The van der Waals surface area contributed by atoms with E-state index in [1.54, 1.807) is 0 Å². The highest BCUT2D eigenvalue weighted by Crippen LogP contribution is 1.98. The molecular formula is C4H4Cl2O2. The van der Waals surface area contributed by atoms with Crippen LogP contribution < -0.4 is 0 Å². The van der Waals surface area contributed by atoms with Crippen molar-refractivity contribution >= 4 is 29.2 Å². The third-order valence-electron chi connectivity index (χ3n) is 0.550. The molecular weight excluding hydrogens is 151 g/mol. The number of hydrogen-bond donors (Lipinski definition) is 1. The van der Waals surface area contributed by atoms with Gasteiger partial charge in [-0.2, -0.15) is 0 Å². The molecule has 0 rings (SSSR count). The molecule has 0 amide bonds. The van der Waals surface area contributed by atoms with E-state index in [0.717, 1.165) is 5.54 Å². The molecule has 0 atom stereocenters. The average molecular weight is 155 g/mol. The Hall–Kier alpha value is -0.210. The summed E-state index contributed by atoms with van der Waals surface area (Å²) >= 11 is 10.2. The SMILES string of the molecule is O=C(O)/C(=C/Cl)CCl. The van der Waals surface area contributed by atoms with Gasteiger partial charge in [0, 0.05) is 5.54 Å². The molecule has 0 radical (unpaired) electrons. The molecule has 0 aliphatic heterocycles. The van der Waals surface area contributed by atoms with Crippen molar-refractivity contribution in [3.8, 4) is 0 Å². The van der Waals surface area contributed by atoms with Crippen LogP contribution in [-0.4, -0.2) is 17.0 Å². The quantitative estimate of drug-likeness (QED) is 0.483. The highest BCUT2D eigenvalue weighted by molar-refractivity contribution is 6.29. The van der Waals surface area contributed by atoms with E-state index >= 15 is 0 Å². The van der Waals surface area contributed by atoms with Crippen LogP contribution in [0.4, 0.5) is 0 Å². The summed E-state index contributed by atoms with van der Waals surface area (Å²) in [6, 6.07) is 0. The van der Waals surface area contributed by atoms with Gasteiger partial charge in [-0.05, 0) is 0 Å². The second-order valence-corrected chi connectivity index (χ2v) is 1.56. The van der Waals surface area contributed by atoms with Crippen LogP contribution in [0.1, 0.15) is 0 Å². The van der Waals surface area contributed by atoms with Gasteiger partial charge in [-0.15, -0.1) is 11.6 Å². The first-order valence-corrected chi connectivity index (χ1v) is 2.78. The molecule has 0 bridgehead atoms. The van der Waals surface area contributed by atoms with Crippen molar-refractivity contribution in [2.75, 3.05) is 5.88 Å². The zero-order valence-corrected chi connectivity index (χ0v) is 5.41. The highest BCUT2D eigenvalue weighted by Gasteiger charge is 2.01. The number of hydrogen-bond acceptors (Lipinski definition) is 1. The molecule has 0 heterocycles. The molecule has 0 saturated heterocycles. The maximum Gasteiger partial charge on any atom is 0.333 e. The van der Waals surface area contributed by atoms with Crippen molar-refractivity contribution in [1.29, 1.82) is 0 Å². The fourth-order valence-electron chi connectivity index (χ4n) is 0.133. The molecule has 0 saturated carbocycles. The minimum absolute atomic E-state index is 0.00772. The van der Waals surface area contributed by atoms with Crippen LogP contribution in [0.15, 0.2) is 11.1 Å². The molecule has 2 nitrogen and oxygen atoms in total. The minimum Gasteiger partial charge on any atom is -0.478 e. The number of carbonyl (C=O) groups is 1. The number of rotatable bonds is 2. The summed E-state index contributed by atoms with van der Waals surface area (Å²) in [7, 11) is 0. The topological polar surface area (TPSA) is 37.3 Å². The maximum atomic E-state index is 9.92. The van der Waals surface area contributed by atoms with E-state index in [9.17, 15) is 4.79 Å². The molecule has 0 aliphatic carbocycles. The van der Waals surface area contributed by atoms with Gasteiger partial charge in [0.25, 0.3) is 0 Å². The lowest BCUT2D eigenvalue weighted by molar-refractivity contribution is -0.132. The Morgan fingerprint density at radius 1 is 1.75 bits per heavy atom. The normalized spacial score (nSPS) is 11.5. The molecule has 0 aromatic carbocycles. The van der Waals surface area contributed by atoms with Crippen molar-refractivity contribution < 1.29 is 9.90 Å². The number of carboxylic acid groups (broad SMARTS) is 1. The van der Waals surface area contributed by atoms with E-state index in [1.165, 1.54) is 0 Å². The van der Waals surface area contributed by atoms with Gasteiger partial charge in [0.2, 0.25) is 0 Å². The molecule has 8 heavy (non-hydrogen) atoms. The summed E-state index contributed by atoms with van der Waals surface area (Å²) in [5.74, 6) is -1.13. The Kier molecular flexibility index (Phi) is 3.65. The number of aliphatic carboxylic acids is 1. The first-order valence-electron chi connectivity index (χ1n) is 1.81. The molecule has 0 aromatic heterocycles. The smallest absolute Gasteiger partial charge is 0.333 e. The van der Waals surface area contributed by atoms with Crippen molar-refractivity contribution in [1.82, 2.24) is 0 Å². The first-order chi connectivity index (χ1) is 3.72. The maximum absolute atomic E-state index is 9.92. The molecule has 4 heteroatoms. The fraction of sp³-hybridized carbons (Fsp3) is 0.250. The minimum atomic E-state index is -1.07. The van der Waals surface area contributed by atoms with E-state index in [-0.39, 0.29) is 11.5 Å². The molecule has 0 spiro atoms. The van der Waals surface area contributed by atoms with E-state index < -0.39 is 5.97 Å². The molecule has 46 valence electrons. The predicted molar refractivity (Wildman–Crippen MR) is 32.3 cm³/mol. The number of alkyl halides is 1. The second kappa shape index (κ2) is 3.75. The Balaban J connectivity index is 3.92. The Labute approximate surface area is 56.7 Å². The molecule has 0 fully saturated rings. The van der Waals surface area contributed by atoms with Gasteiger partial charge >= 0.3 is 5.97 Å². The van der Waals surface area contributed by atoms with Gasteiger partial charge < -0.3 is 5.11 Å². The third-order valence-corrected chi connectivity index (χ3v) is 1.10. The second-order valence-electron chi connectivity index (χ2n) is 1.07. The van der Waals surface area contributed by atoms with Crippen molar-refractivity contribution in [2.45, 2.75) is 0 Å². The van der Waals surface area contributed by atoms with Crippen molar-refractivity contribution in [2.24, 2.45) is 0 Å². The van der Waals surface area contributed by atoms with Gasteiger partial charge in [-0.25, -0.2) is 4.79 Å². The van der Waals surface area contributed by atoms with Crippen LogP contribution in [0.3, 0.4) is 0 Å².